The predicted octanol–water partition coefficient (Wildman–Crippen LogP) is 2.33. The van der Waals surface area contributed by atoms with E-state index in [1.807, 2.05) is 6.07 Å². The summed E-state index contributed by atoms with van der Waals surface area (Å²) in [7, 11) is -1.26. The number of sulfonamides is 1. The van der Waals surface area contributed by atoms with Crippen molar-refractivity contribution in [1.29, 1.82) is 0 Å². The van der Waals surface area contributed by atoms with Crippen molar-refractivity contribution in [2.45, 2.75) is 17.4 Å². The molecular formula is C24H25N3O6S. The van der Waals surface area contributed by atoms with Crippen molar-refractivity contribution < 1.29 is 27.5 Å². The lowest BCUT2D eigenvalue weighted by Crippen LogP contribution is -2.45. The number of hydrogen-bond donors (Lipinski definition) is 3. The Hall–Kier alpha value is -3.89. The van der Waals surface area contributed by atoms with Gasteiger partial charge in [0.1, 0.15) is 6.04 Å². The van der Waals surface area contributed by atoms with E-state index in [0.717, 1.165) is 5.56 Å². The quantitative estimate of drug-likeness (QED) is 0.405. The third-order valence-corrected chi connectivity index (χ3v) is 6.47. The molecule has 3 rings (SSSR count). The first-order chi connectivity index (χ1) is 16.2. The lowest BCUT2D eigenvalue weighted by atomic mass is 10.1. The Morgan fingerprint density at radius 1 is 0.912 bits per heavy atom. The van der Waals surface area contributed by atoms with Crippen LogP contribution < -0.4 is 25.2 Å². The van der Waals surface area contributed by atoms with Gasteiger partial charge in [0.15, 0.2) is 11.5 Å². The molecule has 10 heteroatoms. The van der Waals surface area contributed by atoms with Gasteiger partial charge in [0, 0.05) is 17.3 Å². The molecule has 178 valence electrons. The molecule has 0 radical (unpaired) electrons. The average Bonchev–Trinajstić information content (AvgIpc) is 2.84. The molecule has 0 unspecified atom stereocenters. The van der Waals surface area contributed by atoms with Gasteiger partial charge in [-0.25, -0.2) is 8.42 Å². The van der Waals surface area contributed by atoms with Crippen LogP contribution in [0, 0.1) is 0 Å². The molecule has 4 N–H and O–H groups in total. The smallest absolute Gasteiger partial charge is 0.248 e. The second-order valence-electron chi connectivity index (χ2n) is 7.31. The fraction of sp³-hybridized carbons (Fsp3) is 0.167. The van der Waals surface area contributed by atoms with Crippen LogP contribution in [0.25, 0.3) is 0 Å². The Balaban J connectivity index is 1.87. The number of amides is 2. The van der Waals surface area contributed by atoms with Gasteiger partial charge in [-0.1, -0.05) is 30.3 Å². The van der Waals surface area contributed by atoms with Crippen LogP contribution in [0.3, 0.4) is 0 Å². The molecule has 34 heavy (non-hydrogen) atoms. The normalized spacial score (nSPS) is 11.9. The second kappa shape index (κ2) is 10.8. The Morgan fingerprint density at radius 3 is 2.15 bits per heavy atom. The van der Waals surface area contributed by atoms with Crippen molar-refractivity contribution in [3.63, 3.8) is 0 Å². The standard InChI is InChI=1S/C24H25N3O6S/c1-32-21-13-12-19(15-22(21)33-2)34(30,31)27-20(14-16-6-4-3-5-7-16)24(29)26-18-10-8-17(9-11-18)23(25)28/h3-13,15,20,27H,14H2,1-2H3,(H2,25,28)(H,26,29)/t20-/m0/s1. The molecule has 0 heterocycles. The first kappa shape index (κ1) is 24.7. The lowest BCUT2D eigenvalue weighted by Gasteiger charge is -2.19. The SMILES string of the molecule is COc1ccc(S(=O)(=O)N[C@@H](Cc2ccccc2)C(=O)Nc2ccc(C(N)=O)cc2)cc1OC. The molecule has 1 atom stereocenters. The third kappa shape index (κ3) is 6.12. The van der Waals surface area contributed by atoms with Crippen LogP contribution in [0.5, 0.6) is 11.5 Å². The summed E-state index contributed by atoms with van der Waals surface area (Å²) in [5.74, 6) is -0.550. The Kier molecular flexibility index (Phi) is 7.87. The van der Waals surface area contributed by atoms with Crippen molar-refractivity contribution in [1.82, 2.24) is 4.72 Å². The van der Waals surface area contributed by atoms with Crippen molar-refractivity contribution in [3.8, 4) is 11.5 Å². The molecule has 3 aromatic rings. The van der Waals surface area contributed by atoms with Crippen LogP contribution in [0.2, 0.25) is 0 Å². The van der Waals surface area contributed by atoms with Gasteiger partial charge in [-0.3, -0.25) is 9.59 Å². The average molecular weight is 484 g/mol. The number of primary amides is 1. The van der Waals surface area contributed by atoms with Gasteiger partial charge in [-0.2, -0.15) is 4.72 Å². The molecule has 2 amide bonds. The zero-order chi connectivity index (χ0) is 24.7. The summed E-state index contributed by atoms with van der Waals surface area (Å²) in [5, 5.41) is 2.68. The zero-order valence-corrected chi connectivity index (χ0v) is 19.5. The number of methoxy groups -OCH3 is 2. The topological polar surface area (TPSA) is 137 Å². The van der Waals surface area contributed by atoms with Crippen LogP contribution in [-0.2, 0) is 21.2 Å². The fourth-order valence-corrected chi connectivity index (χ4v) is 4.43. The highest BCUT2D eigenvalue weighted by molar-refractivity contribution is 7.89. The maximum absolute atomic E-state index is 13.1. The molecule has 3 aromatic carbocycles. The van der Waals surface area contributed by atoms with E-state index in [1.54, 1.807) is 24.3 Å². The number of carbonyl (C=O) groups is 2. The minimum Gasteiger partial charge on any atom is -0.493 e. The zero-order valence-electron chi connectivity index (χ0n) is 18.6. The van der Waals surface area contributed by atoms with Gasteiger partial charge in [0.05, 0.1) is 19.1 Å². The molecule has 0 saturated carbocycles. The second-order valence-corrected chi connectivity index (χ2v) is 9.03. The maximum atomic E-state index is 13.1. The molecule has 0 aromatic heterocycles. The predicted molar refractivity (Wildman–Crippen MR) is 127 cm³/mol. The summed E-state index contributed by atoms with van der Waals surface area (Å²) in [4.78, 5) is 24.3. The molecule has 0 aliphatic rings. The lowest BCUT2D eigenvalue weighted by molar-refractivity contribution is -0.117. The van der Waals surface area contributed by atoms with E-state index in [-0.39, 0.29) is 22.6 Å². The summed E-state index contributed by atoms with van der Waals surface area (Å²) in [5.41, 5.74) is 6.68. The minimum atomic E-state index is -4.10. The van der Waals surface area contributed by atoms with Gasteiger partial charge < -0.3 is 20.5 Å². The largest absolute Gasteiger partial charge is 0.493 e. The monoisotopic (exact) mass is 483 g/mol. The molecule has 0 saturated heterocycles. The molecular weight excluding hydrogens is 458 g/mol. The van der Waals surface area contributed by atoms with Crippen LogP contribution in [-0.4, -0.2) is 40.5 Å². The maximum Gasteiger partial charge on any atom is 0.248 e. The van der Waals surface area contributed by atoms with Gasteiger partial charge in [0.25, 0.3) is 0 Å². The number of hydrogen-bond acceptors (Lipinski definition) is 6. The summed E-state index contributed by atoms with van der Waals surface area (Å²) in [6.45, 7) is 0. The molecule has 0 aliphatic heterocycles. The molecule has 9 nitrogen and oxygen atoms in total. The molecule has 0 bridgehead atoms. The van der Waals surface area contributed by atoms with Crippen LogP contribution in [0.4, 0.5) is 5.69 Å². The minimum absolute atomic E-state index is 0.0816. The number of nitrogens with one attached hydrogen (secondary N) is 2. The highest BCUT2D eigenvalue weighted by Crippen LogP contribution is 2.29. The van der Waals surface area contributed by atoms with Crippen LogP contribution in [0.1, 0.15) is 15.9 Å². The highest BCUT2D eigenvalue weighted by Gasteiger charge is 2.27. The molecule has 0 fully saturated rings. The Morgan fingerprint density at radius 2 is 1.56 bits per heavy atom. The summed E-state index contributed by atoms with van der Waals surface area (Å²) < 4.78 is 39.1. The number of anilines is 1. The van der Waals surface area contributed by atoms with Crippen molar-refractivity contribution >= 4 is 27.5 Å². The van der Waals surface area contributed by atoms with E-state index in [2.05, 4.69) is 10.0 Å². The summed E-state index contributed by atoms with van der Waals surface area (Å²) in [6, 6.07) is 18.0. The number of ether oxygens (including phenoxy) is 2. The number of rotatable bonds is 10. The molecule has 0 aliphatic carbocycles. The first-order valence-corrected chi connectivity index (χ1v) is 11.7. The van der Waals surface area contributed by atoms with E-state index in [0.29, 0.717) is 11.4 Å². The molecule has 0 spiro atoms. The van der Waals surface area contributed by atoms with Crippen molar-refractivity contribution in [2.75, 3.05) is 19.5 Å². The highest BCUT2D eigenvalue weighted by atomic mass is 32.2. The number of nitrogens with two attached hydrogens (primary N) is 1. The summed E-state index contributed by atoms with van der Waals surface area (Å²) >= 11 is 0. The van der Waals surface area contributed by atoms with Crippen LogP contribution >= 0.6 is 0 Å². The van der Waals surface area contributed by atoms with Gasteiger partial charge in [-0.15, -0.1) is 0 Å². The van der Waals surface area contributed by atoms with Crippen molar-refractivity contribution in [2.24, 2.45) is 5.73 Å². The van der Waals surface area contributed by atoms with Gasteiger partial charge in [0.2, 0.25) is 21.8 Å². The summed E-state index contributed by atoms with van der Waals surface area (Å²) in [6.07, 6.45) is 0.110. The third-order valence-electron chi connectivity index (χ3n) is 5.00. The van der Waals surface area contributed by atoms with E-state index in [4.69, 9.17) is 15.2 Å². The van der Waals surface area contributed by atoms with E-state index < -0.39 is 27.9 Å². The number of benzene rings is 3. The number of carbonyl (C=O) groups excluding carboxylic acids is 2. The Bertz CT molecular complexity index is 1260. The van der Waals surface area contributed by atoms with E-state index in [9.17, 15) is 18.0 Å². The first-order valence-electron chi connectivity index (χ1n) is 10.2. The van der Waals surface area contributed by atoms with Gasteiger partial charge >= 0.3 is 0 Å². The van der Waals surface area contributed by atoms with E-state index >= 15 is 0 Å². The van der Waals surface area contributed by atoms with Crippen LogP contribution in [0.15, 0.2) is 77.7 Å². The Labute approximate surface area is 197 Å². The van der Waals surface area contributed by atoms with Gasteiger partial charge in [-0.05, 0) is 48.4 Å². The fourth-order valence-electron chi connectivity index (χ4n) is 3.22. The van der Waals surface area contributed by atoms with E-state index in [1.165, 1.54) is 56.7 Å². The van der Waals surface area contributed by atoms with Crippen molar-refractivity contribution in [3.05, 3.63) is 83.9 Å².